The van der Waals surface area contributed by atoms with Crippen LogP contribution in [-0.2, 0) is 9.05 Å². The van der Waals surface area contributed by atoms with E-state index >= 15 is 0 Å². The zero-order chi connectivity index (χ0) is 16.1. The Bertz CT molecular complexity index is 1050. The molecule has 0 amide bonds. The van der Waals surface area contributed by atoms with Crippen molar-refractivity contribution < 1.29 is 8.42 Å². The fourth-order valence-electron chi connectivity index (χ4n) is 2.33. The van der Waals surface area contributed by atoms with Gasteiger partial charge in [-0.2, -0.15) is 0 Å². The molecule has 0 saturated carbocycles. The summed E-state index contributed by atoms with van der Waals surface area (Å²) in [5.74, 6) is 0.642. The van der Waals surface area contributed by atoms with E-state index in [9.17, 15) is 13.2 Å². The van der Waals surface area contributed by atoms with Crippen molar-refractivity contribution in [3.63, 3.8) is 0 Å². The molecule has 0 saturated heterocycles. The molecule has 22 heavy (non-hydrogen) atoms. The summed E-state index contributed by atoms with van der Waals surface area (Å²) in [6.45, 7) is 3.41. The van der Waals surface area contributed by atoms with E-state index in [0.29, 0.717) is 17.0 Å². The van der Waals surface area contributed by atoms with E-state index < -0.39 is 14.6 Å². The molecule has 0 unspecified atom stereocenters. The first-order valence-electron chi connectivity index (χ1n) is 6.29. The molecule has 0 aliphatic heterocycles. The van der Waals surface area contributed by atoms with Crippen LogP contribution >= 0.6 is 10.7 Å². The first-order valence-corrected chi connectivity index (χ1v) is 8.60. The molecular formula is C13H11ClN4O3S. The minimum Gasteiger partial charge on any atom is -0.303 e. The molecule has 0 atom stereocenters. The summed E-state index contributed by atoms with van der Waals surface area (Å²) in [7, 11) is 1.47. The number of halogens is 1. The first-order chi connectivity index (χ1) is 10.3. The maximum absolute atomic E-state index is 12.2. The van der Waals surface area contributed by atoms with Gasteiger partial charge in [0.25, 0.3) is 14.6 Å². The highest BCUT2D eigenvalue weighted by Crippen LogP contribution is 2.26. The molecule has 1 aromatic carbocycles. The first kappa shape index (κ1) is 14.7. The minimum absolute atomic E-state index is 0.109. The molecule has 2 aromatic heterocycles. The molecular weight excluding hydrogens is 328 g/mol. The quantitative estimate of drug-likeness (QED) is 0.716. The van der Waals surface area contributed by atoms with Crippen molar-refractivity contribution in [2.75, 3.05) is 0 Å². The number of fused-ring (bicyclic) bond motifs is 1. The van der Waals surface area contributed by atoms with Crippen LogP contribution < -0.4 is 5.56 Å². The molecule has 3 rings (SSSR count). The molecule has 0 fully saturated rings. The van der Waals surface area contributed by atoms with E-state index in [1.54, 1.807) is 26.0 Å². The number of hydrogen-bond donors (Lipinski definition) is 1. The number of aromatic nitrogens is 4. The van der Waals surface area contributed by atoms with Gasteiger partial charge < -0.3 is 4.98 Å². The van der Waals surface area contributed by atoms with Crippen molar-refractivity contribution in [3.8, 4) is 11.4 Å². The summed E-state index contributed by atoms with van der Waals surface area (Å²) in [6, 6.07) is 6.06. The molecule has 9 heteroatoms. The zero-order valence-corrected chi connectivity index (χ0v) is 13.2. The van der Waals surface area contributed by atoms with Crippen LogP contribution in [0.3, 0.4) is 0 Å². The van der Waals surface area contributed by atoms with Gasteiger partial charge in [0.1, 0.15) is 5.82 Å². The normalized spacial score (nSPS) is 12.0. The van der Waals surface area contributed by atoms with Gasteiger partial charge in [0.15, 0.2) is 11.3 Å². The average molecular weight is 339 g/mol. The Balaban J connectivity index is 2.38. The van der Waals surface area contributed by atoms with Crippen LogP contribution in [0.4, 0.5) is 0 Å². The number of hydrogen-bond acceptors (Lipinski definition) is 5. The molecule has 0 aliphatic carbocycles. The molecule has 0 spiro atoms. The fraction of sp³-hybridized carbons (Fsp3) is 0.154. The van der Waals surface area contributed by atoms with Crippen LogP contribution in [0, 0.1) is 13.8 Å². The summed E-state index contributed by atoms with van der Waals surface area (Å²) >= 11 is 0. The van der Waals surface area contributed by atoms with Gasteiger partial charge in [-0.3, -0.25) is 4.79 Å². The second-order valence-electron chi connectivity index (χ2n) is 4.74. The van der Waals surface area contributed by atoms with E-state index in [2.05, 4.69) is 15.1 Å². The van der Waals surface area contributed by atoms with Gasteiger partial charge in [-0.05, 0) is 26.0 Å². The zero-order valence-electron chi connectivity index (χ0n) is 11.7. The Kier molecular flexibility index (Phi) is 3.30. The molecule has 0 bridgehead atoms. The van der Waals surface area contributed by atoms with Gasteiger partial charge in [0, 0.05) is 16.2 Å². The van der Waals surface area contributed by atoms with Crippen LogP contribution in [-0.4, -0.2) is 28.0 Å². The highest BCUT2D eigenvalue weighted by Gasteiger charge is 2.19. The number of benzene rings is 1. The summed E-state index contributed by atoms with van der Waals surface area (Å²) in [5.41, 5.74) is 0.704. The van der Waals surface area contributed by atoms with Gasteiger partial charge in [-0.1, -0.05) is 12.1 Å². The second-order valence-corrected chi connectivity index (χ2v) is 7.28. The van der Waals surface area contributed by atoms with Gasteiger partial charge in [-0.15, -0.1) is 5.10 Å². The number of nitrogens with zero attached hydrogens (tertiary/aromatic N) is 3. The highest BCUT2D eigenvalue weighted by molar-refractivity contribution is 8.13. The van der Waals surface area contributed by atoms with Gasteiger partial charge in [0.2, 0.25) is 0 Å². The van der Waals surface area contributed by atoms with Gasteiger partial charge in [-0.25, -0.2) is 17.9 Å². The predicted molar refractivity (Wildman–Crippen MR) is 81.6 cm³/mol. The van der Waals surface area contributed by atoms with Crippen molar-refractivity contribution in [3.05, 3.63) is 46.1 Å². The Morgan fingerprint density at radius 1 is 1.23 bits per heavy atom. The monoisotopic (exact) mass is 338 g/mol. The molecule has 0 aliphatic rings. The van der Waals surface area contributed by atoms with Crippen molar-refractivity contribution >= 4 is 25.2 Å². The number of H-pyrrole nitrogens is 1. The molecule has 7 nitrogen and oxygen atoms in total. The number of imidazole rings is 1. The van der Waals surface area contributed by atoms with E-state index in [-0.39, 0.29) is 16.3 Å². The van der Waals surface area contributed by atoms with Crippen molar-refractivity contribution in [1.29, 1.82) is 0 Å². The lowest BCUT2D eigenvalue weighted by Gasteiger charge is -2.06. The molecule has 2 heterocycles. The van der Waals surface area contributed by atoms with Gasteiger partial charge >= 0.3 is 0 Å². The largest absolute Gasteiger partial charge is 0.303 e. The third-order valence-electron chi connectivity index (χ3n) is 3.24. The maximum atomic E-state index is 12.2. The van der Waals surface area contributed by atoms with Crippen LogP contribution in [0.1, 0.15) is 11.5 Å². The number of rotatable bonds is 2. The van der Waals surface area contributed by atoms with Gasteiger partial charge in [0.05, 0.1) is 10.6 Å². The second kappa shape index (κ2) is 4.92. The van der Waals surface area contributed by atoms with Crippen molar-refractivity contribution in [1.82, 2.24) is 19.6 Å². The Morgan fingerprint density at radius 3 is 2.59 bits per heavy atom. The maximum Gasteiger partial charge on any atom is 0.277 e. The standard InChI is InChI=1S/C13H11ClN4O3S/c1-7-11-13(19)16-12(17-18(11)8(2)15-7)9-5-3-4-6-10(9)22(14,20)21/h3-6H,1-2H3,(H,16,17,19). The summed E-state index contributed by atoms with van der Waals surface area (Å²) in [6.07, 6.45) is 0. The number of nitrogens with one attached hydrogen (secondary N) is 1. The third-order valence-corrected chi connectivity index (χ3v) is 4.62. The molecule has 114 valence electrons. The number of aryl methyl sites for hydroxylation is 2. The molecule has 3 aromatic rings. The summed E-state index contributed by atoms with van der Waals surface area (Å²) in [4.78, 5) is 18.9. The predicted octanol–water partition coefficient (Wildman–Crippen LogP) is 1.63. The Labute approximate surface area is 130 Å². The van der Waals surface area contributed by atoms with Crippen molar-refractivity contribution in [2.24, 2.45) is 0 Å². The lowest BCUT2D eigenvalue weighted by Crippen LogP contribution is -2.15. The minimum atomic E-state index is -3.97. The summed E-state index contributed by atoms with van der Waals surface area (Å²) < 4.78 is 24.7. The fourth-order valence-corrected chi connectivity index (χ4v) is 3.40. The Morgan fingerprint density at radius 2 is 1.91 bits per heavy atom. The van der Waals surface area contributed by atoms with Crippen LogP contribution in [0.25, 0.3) is 16.9 Å². The van der Waals surface area contributed by atoms with Crippen molar-refractivity contribution in [2.45, 2.75) is 18.7 Å². The summed E-state index contributed by atoms with van der Waals surface area (Å²) in [5, 5.41) is 4.28. The van der Waals surface area contributed by atoms with Crippen LogP contribution in [0.15, 0.2) is 34.0 Å². The SMILES string of the molecule is Cc1nc(C)n2nc(-c3ccccc3S(=O)(=O)Cl)[nH]c(=O)c12. The molecule has 1 N–H and O–H groups in total. The van der Waals surface area contributed by atoms with Crippen LogP contribution in [0.5, 0.6) is 0 Å². The smallest absolute Gasteiger partial charge is 0.277 e. The van der Waals surface area contributed by atoms with Crippen LogP contribution in [0.2, 0.25) is 0 Å². The lowest BCUT2D eigenvalue weighted by atomic mass is 10.2. The highest BCUT2D eigenvalue weighted by atomic mass is 35.7. The molecule has 0 radical (unpaired) electrons. The Hall–Kier alpha value is -2.19. The van der Waals surface area contributed by atoms with E-state index in [1.807, 2.05) is 0 Å². The van der Waals surface area contributed by atoms with E-state index in [1.165, 1.54) is 16.6 Å². The van der Waals surface area contributed by atoms with E-state index in [0.717, 1.165) is 0 Å². The topological polar surface area (TPSA) is 97.2 Å². The average Bonchev–Trinajstić information content (AvgIpc) is 2.73. The number of aromatic amines is 1. The van der Waals surface area contributed by atoms with E-state index in [4.69, 9.17) is 10.7 Å². The lowest BCUT2D eigenvalue weighted by molar-refractivity contribution is 0.609. The third kappa shape index (κ3) is 2.30.